The number of rotatable bonds is 6. The van der Waals surface area contributed by atoms with Crippen LogP contribution in [-0.4, -0.2) is 20.3 Å². The highest BCUT2D eigenvalue weighted by atomic mass is 79.9. The molecule has 1 aromatic carbocycles. The third-order valence-corrected chi connectivity index (χ3v) is 2.90. The fourth-order valence-corrected chi connectivity index (χ4v) is 1.83. The Kier molecular flexibility index (Phi) is 5.95. The van der Waals surface area contributed by atoms with Crippen molar-refractivity contribution in [2.24, 2.45) is 0 Å². The van der Waals surface area contributed by atoms with Crippen molar-refractivity contribution in [3.05, 3.63) is 34.1 Å². The summed E-state index contributed by atoms with van der Waals surface area (Å²) < 4.78 is 19.3. The normalized spacial score (nSPS) is 12.8. The molecule has 0 amide bonds. The maximum absolute atomic E-state index is 13.6. The molecule has 1 rings (SSSR count). The number of nitrogens with one attached hydrogen (secondary N) is 1. The smallest absolute Gasteiger partial charge is 0.129 e. The van der Waals surface area contributed by atoms with Gasteiger partial charge in [0.1, 0.15) is 5.82 Å². The van der Waals surface area contributed by atoms with Gasteiger partial charge >= 0.3 is 0 Å². The van der Waals surface area contributed by atoms with Gasteiger partial charge in [-0.1, -0.05) is 22.0 Å². The van der Waals surface area contributed by atoms with Crippen LogP contribution < -0.4 is 5.32 Å². The summed E-state index contributed by atoms with van der Waals surface area (Å²) in [6.45, 7) is 3.51. The molecular weight excluding hydrogens is 273 g/mol. The van der Waals surface area contributed by atoms with Crippen LogP contribution in [0, 0.1) is 5.82 Å². The lowest BCUT2D eigenvalue weighted by Crippen LogP contribution is -2.21. The number of ether oxygens (including phenoxy) is 1. The summed E-state index contributed by atoms with van der Waals surface area (Å²) >= 11 is 3.24. The third-order valence-electron chi connectivity index (χ3n) is 2.40. The first-order valence-corrected chi connectivity index (χ1v) is 6.11. The van der Waals surface area contributed by atoms with E-state index in [-0.39, 0.29) is 11.9 Å². The molecule has 1 unspecified atom stereocenters. The van der Waals surface area contributed by atoms with Crippen LogP contribution in [0.4, 0.5) is 4.39 Å². The van der Waals surface area contributed by atoms with Crippen molar-refractivity contribution in [2.45, 2.75) is 19.4 Å². The van der Waals surface area contributed by atoms with E-state index in [1.807, 2.05) is 13.0 Å². The van der Waals surface area contributed by atoms with E-state index in [1.165, 1.54) is 6.07 Å². The summed E-state index contributed by atoms with van der Waals surface area (Å²) in [6.07, 6.45) is 0.930. The zero-order chi connectivity index (χ0) is 12.0. The molecule has 0 bridgehead atoms. The highest BCUT2D eigenvalue weighted by Gasteiger charge is 2.09. The van der Waals surface area contributed by atoms with Crippen molar-refractivity contribution in [2.75, 3.05) is 20.3 Å². The van der Waals surface area contributed by atoms with Gasteiger partial charge in [-0.05, 0) is 32.0 Å². The van der Waals surface area contributed by atoms with Crippen molar-refractivity contribution >= 4 is 15.9 Å². The van der Waals surface area contributed by atoms with Crippen molar-refractivity contribution < 1.29 is 9.13 Å². The van der Waals surface area contributed by atoms with Gasteiger partial charge in [0.15, 0.2) is 0 Å². The van der Waals surface area contributed by atoms with E-state index in [0.717, 1.165) is 24.0 Å². The van der Waals surface area contributed by atoms with E-state index in [9.17, 15) is 4.39 Å². The fraction of sp³-hybridized carbons (Fsp3) is 0.500. The molecule has 0 spiro atoms. The van der Waals surface area contributed by atoms with Crippen molar-refractivity contribution in [3.63, 3.8) is 0 Å². The largest absolute Gasteiger partial charge is 0.385 e. The molecule has 90 valence electrons. The van der Waals surface area contributed by atoms with E-state index >= 15 is 0 Å². The van der Waals surface area contributed by atoms with Gasteiger partial charge in [0.25, 0.3) is 0 Å². The SMILES string of the molecule is COCCCNC(C)c1ccc(Br)cc1F. The van der Waals surface area contributed by atoms with Gasteiger partial charge in [0.2, 0.25) is 0 Å². The highest BCUT2D eigenvalue weighted by Crippen LogP contribution is 2.20. The Hall–Kier alpha value is -0.450. The Labute approximate surface area is 104 Å². The lowest BCUT2D eigenvalue weighted by atomic mass is 10.1. The molecule has 1 atom stereocenters. The summed E-state index contributed by atoms with van der Waals surface area (Å²) in [5, 5.41) is 3.26. The van der Waals surface area contributed by atoms with Gasteiger partial charge in [-0.25, -0.2) is 4.39 Å². The van der Waals surface area contributed by atoms with Crippen LogP contribution >= 0.6 is 15.9 Å². The third kappa shape index (κ3) is 4.20. The van der Waals surface area contributed by atoms with Crippen LogP contribution in [0.2, 0.25) is 0 Å². The van der Waals surface area contributed by atoms with Crippen LogP contribution in [-0.2, 0) is 4.74 Å². The molecule has 4 heteroatoms. The van der Waals surface area contributed by atoms with Gasteiger partial charge in [-0.15, -0.1) is 0 Å². The van der Waals surface area contributed by atoms with Gasteiger partial charge in [0, 0.05) is 29.8 Å². The maximum atomic E-state index is 13.6. The monoisotopic (exact) mass is 289 g/mol. The van der Waals surface area contributed by atoms with E-state index in [4.69, 9.17) is 4.74 Å². The van der Waals surface area contributed by atoms with Crippen LogP contribution in [0.15, 0.2) is 22.7 Å². The van der Waals surface area contributed by atoms with Crippen molar-refractivity contribution in [1.29, 1.82) is 0 Å². The zero-order valence-corrected chi connectivity index (χ0v) is 11.2. The van der Waals surface area contributed by atoms with Crippen LogP contribution in [0.3, 0.4) is 0 Å². The molecule has 0 aliphatic heterocycles. The molecule has 1 N–H and O–H groups in total. The minimum atomic E-state index is -0.180. The first-order chi connectivity index (χ1) is 7.65. The van der Waals surface area contributed by atoms with Gasteiger partial charge in [-0.2, -0.15) is 0 Å². The summed E-state index contributed by atoms with van der Waals surface area (Å²) in [5.41, 5.74) is 0.695. The Bertz CT molecular complexity index is 333. The Morgan fingerprint density at radius 1 is 1.50 bits per heavy atom. The van der Waals surface area contributed by atoms with Crippen LogP contribution in [0.5, 0.6) is 0 Å². The van der Waals surface area contributed by atoms with E-state index < -0.39 is 0 Å². The standard InChI is InChI=1S/C12H17BrFNO/c1-9(15-6-3-7-16-2)11-5-4-10(13)8-12(11)14/h4-5,8-9,15H,3,6-7H2,1-2H3. The molecule has 0 aliphatic carbocycles. The summed E-state index contributed by atoms with van der Waals surface area (Å²) in [7, 11) is 1.68. The molecule has 0 radical (unpaired) electrons. The topological polar surface area (TPSA) is 21.3 Å². The average molecular weight is 290 g/mol. The Morgan fingerprint density at radius 3 is 2.88 bits per heavy atom. The number of benzene rings is 1. The molecule has 0 aliphatic rings. The molecule has 0 saturated carbocycles. The van der Waals surface area contributed by atoms with Gasteiger partial charge in [-0.3, -0.25) is 0 Å². The molecule has 0 heterocycles. The Morgan fingerprint density at radius 2 is 2.25 bits per heavy atom. The maximum Gasteiger partial charge on any atom is 0.129 e. The summed E-state index contributed by atoms with van der Waals surface area (Å²) in [5.74, 6) is -0.180. The van der Waals surface area contributed by atoms with Gasteiger partial charge in [0.05, 0.1) is 0 Å². The predicted octanol–water partition coefficient (Wildman–Crippen LogP) is 3.28. The molecular formula is C12H17BrFNO. The number of hydrogen-bond acceptors (Lipinski definition) is 2. The van der Waals surface area contributed by atoms with Gasteiger partial charge < -0.3 is 10.1 Å². The number of halogens is 2. The summed E-state index contributed by atoms with van der Waals surface area (Å²) in [4.78, 5) is 0. The number of hydrogen-bond donors (Lipinski definition) is 1. The fourth-order valence-electron chi connectivity index (χ4n) is 1.50. The minimum Gasteiger partial charge on any atom is -0.385 e. The quantitative estimate of drug-likeness (QED) is 0.812. The molecule has 16 heavy (non-hydrogen) atoms. The minimum absolute atomic E-state index is 0.0185. The lowest BCUT2D eigenvalue weighted by molar-refractivity contribution is 0.193. The second kappa shape index (κ2) is 6.99. The molecule has 2 nitrogen and oxygen atoms in total. The average Bonchev–Trinajstić information content (AvgIpc) is 2.24. The summed E-state index contributed by atoms with van der Waals surface area (Å²) in [6, 6.07) is 5.16. The lowest BCUT2D eigenvalue weighted by Gasteiger charge is -2.15. The second-order valence-electron chi connectivity index (χ2n) is 3.69. The first-order valence-electron chi connectivity index (χ1n) is 5.32. The highest BCUT2D eigenvalue weighted by molar-refractivity contribution is 9.10. The van der Waals surface area contributed by atoms with Crippen LogP contribution in [0.25, 0.3) is 0 Å². The predicted molar refractivity (Wildman–Crippen MR) is 67.0 cm³/mol. The molecule has 0 saturated heterocycles. The Balaban J connectivity index is 2.49. The first kappa shape index (κ1) is 13.6. The second-order valence-corrected chi connectivity index (χ2v) is 4.60. The van der Waals surface area contributed by atoms with E-state index in [0.29, 0.717) is 5.56 Å². The molecule has 1 aromatic rings. The van der Waals surface area contributed by atoms with Crippen molar-refractivity contribution in [3.8, 4) is 0 Å². The molecule has 0 aromatic heterocycles. The van der Waals surface area contributed by atoms with E-state index in [1.54, 1.807) is 13.2 Å². The molecule has 0 fully saturated rings. The zero-order valence-electron chi connectivity index (χ0n) is 9.59. The number of methoxy groups -OCH3 is 1. The van der Waals surface area contributed by atoms with Crippen molar-refractivity contribution in [1.82, 2.24) is 5.32 Å². The van der Waals surface area contributed by atoms with E-state index in [2.05, 4.69) is 21.2 Å². The van der Waals surface area contributed by atoms with Crippen LogP contribution in [0.1, 0.15) is 24.9 Å².